The van der Waals surface area contributed by atoms with Crippen LogP contribution in [-0.2, 0) is 0 Å². The Bertz CT molecular complexity index is 696. The Balaban J connectivity index is 2.27. The lowest BCUT2D eigenvalue weighted by Gasteiger charge is -2.25. The van der Waals surface area contributed by atoms with Crippen molar-refractivity contribution in [3.8, 4) is 5.75 Å². The SMILES string of the molecule is COc1c(Cl)cc(C(=O)N(C)C(C)c2ccc(F)cc2)cc1Cl. The van der Waals surface area contributed by atoms with Crippen LogP contribution in [0.1, 0.15) is 28.9 Å². The highest BCUT2D eigenvalue weighted by molar-refractivity contribution is 6.37. The van der Waals surface area contributed by atoms with Crippen LogP contribution in [-0.4, -0.2) is 25.0 Å². The predicted octanol–water partition coefficient (Wildman–Crippen LogP) is 4.97. The van der Waals surface area contributed by atoms with Crippen LogP contribution in [0.3, 0.4) is 0 Å². The van der Waals surface area contributed by atoms with Crippen LogP contribution in [0.2, 0.25) is 10.0 Å². The average molecular weight is 356 g/mol. The molecule has 0 saturated heterocycles. The van der Waals surface area contributed by atoms with Gasteiger partial charge in [-0.15, -0.1) is 0 Å². The first-order chi connectivity index (χ1) is 10.8. The van der Waals surface area contributed by atoms with Crippen LogP contribution in [0, 0.1) is 5.82 Å². The lowest BCUT2D eigenvalue weighted by Crippen LogP contribution is -2.29. The fraction of sp³-hybridized carbons (Fsp3) is 0.235. The van der Waals surface area contributed by atoms with E-state index in [1.54, 1.807) is 24.1 Å². The fourth-order valence-corrected chi connectivity index (χ4v) is 2.86. The molecule has 0 aliphatic heterocycles. The molecule has 1 atom stereocenters. The van der Waals surface area contributed by atoms with Gasteiger partial charge in [-0.05, 0) is 36.8 Å². The maximum atomic E-state index is 13.0. The fourth-order valence-electron chi connectivity index (χ4n) is 2.22. The summed E-state index contributed by atoms with van der Waals surface area (Å²) in [5, 5.41) is 0.539. The molecule has 122 valence electrons. The van der Waals surface area contributed by atoms with E-state index in [0.717, 1.165) is 5.56 Å². The van der Waals surface area contributed by atoms with Crippen molar-refractivity contribution in [3.63, 3.8) is 0 Å². The van der Waals surface area contributed by atoms with Crippen molar-refractivity contribution in [1.82, 2.24) is 4.90 Å². The van der Waals surface area contributed by atoms with Gasteiger partial charge in [-0.2, -0.15) is 0 Å². The van der Waals surface area contributed by atoms with E-state index in [4.69, 9.17) is 27.9 Å². The van der Waals surface area contributed by atoms with Crippen LogP contribution in [0.15, 0.2) is 36.4 Å². The van der Waals surface area contributed by atoms with E-state index in [1.807, 2.05) is 6.92 Å². The maximum absolute atomic E-state index is 13.0. The molecule has 0 bridgehead atoms. The maximum Gasteiger partial charge on any atom is 0.254 e. The molecule has 0 aromatic heterocycles. The Kier molecular flexibility index (Phi) is 5.50. The molecule has 2 rings (SSSR count). The second kappa shape index (κ2) is 7.20. The summed E-state index contributed by atoms with van der Waals surface area (Å²) in [5.41, 5.74) is 1.19. The third-order valence-corrected chi connectivity index (χ3v) is 4.26. The van der Waals surface area contributed by atoms with Gasteiger partial charge in [-0.1, -0.05) is 35.3 Å². The first kappa shape index (κ1) is 17.6. The number of halogens is 3. The summed E-state index contributed by atoms with van der Waals surface area (Å²) < 4.78 is 18.1. The summed E-state index contributed by atoms with van der Waals surface area (Å²) in [7, 11) is 3.12. The number of ether oxygens (including phenoxy) is 1. The van der Waals surface area contributed by atoms with Gasteiger partial charge in [0, 0.05) is 12.6 Å². The van der Waals surface area contributed by atoms with E-state index in [0.29, 0.717) is 11.3 Å². The zero-order chi connectivity index (χ0) is 17.1. The molecule has 3 nitrogen and oxygen atoms in total. The highest BCUT2D eigenvalue weighted by Crippen LogP contribution is 2.34. The third kappa shape index (κ3) is 3.77. The van der Waals surface area contributed by atoms with Gasteiger partial charge in [0.1, 0.15) is 5.82 Å². The molecule has 2 aromatic rings. The number of benzene rings is 2. The van der Waals surface area contributed by atoms with Crippen LogP contribution >= 0.6 is 23.2 Å². The molecular weight excluding hydrogens is 340 g/mol. The summed E-state index contributed by atoms with van der Waals surface area (Å²) in [6, 6.07) is 8.83. The molecule has 0 aliphatic rings. The van der Waals surface area contributed by atoms with Crippen molar-refractivity contribution < 1.29 is 13.9 Å². The van der Waals surface area contributed by atoms with Gasteiger partial charge in [0.15, 0.2) is 5.75 Å². The minimum Gasteiger partial charge on any atom is -0.494 e. The van der Waals surface area contributed by atoms with Crippen LogP contribution in [0.5, 0.6) is 5.75 Å². The highest BCUT2D eigenvalue weighted by Gasteiger charge is 2.21. The standard InChI is InChI=1S/C17H16Cl2FNO2/c1-10(11-4-6-13(20)7-5-11)21(2)17(22)12-8-14(18)16(23-3)15(19)9-12/h4-10H,1-3H3. The summed E-state index contributed by atoms with van der Waals surface area (Å²) in [5.74, 6) is -0.226. The van der Waals surface area contributed by atoms with Gasteiger partial charge in [0.2, 0.25) is 0 Å². The molecule has 1 unspecified atom stereocenters. The van der Waals surface area contributed by atoms with E-state index >= 15 is 0 Å². The number of methoxy groups -OCH3 is 1. The molecule has 0 saturated carbocycles. The summed E-state index contributed by atoms with van der Waals surface area (Å²) in [6.07, 6.45) is 0. The second-order valence-corrected chi connectivity index (χ2v) is 5.93. The zero-order valence-electron chi connectivity index (χ0n) is 12.9. The molecular formula is C17H16Cl2FNO2. The Morgan fingerprint density at radius 2 is 1.70 bits per heavy atom. The monoisotopic (exact) mass is 355 g/mol. The van der Waals surface area contributed by atoms with E-state index in [9.17, 15) is 9.18 Å². The molecule has 23 heavy (non-hydrogen) atoms. The van der Waals surface area contributed by atoms with Gasteiger partial charge in [0.05, 0.1) is 23.2 Å². The molecule has 0 aliphatic carbocycles. The minimum atomic E-state index is -0.316. The largest absolute Gasteiger partial charge is 0.494 e. The number of rotatable bonds is 4. The van der Waals surface area contributed by atoms with Crippen molar-refractivity contribution in [1.29, 1.82) is 0 Å². The van der Waals surface area contributed by atoms with Gasteiger partial charge < -0.3 is 9.64 Å². The Labute approximate surface area is 144 Å². The first-order valence-corrected chi connectivity index (χ1v) is 7.66. The molecule has 0 fully saturated rings. The van der Waals surface area contributed by atoms with Crippen molar-refractivity contribution in [2.75, 3.05) is 14.2 Å². The average Bonchev–Trinajstić information content (AvgIpc) is 2.53. The minimum absolute atomic E-state index is 0.234. The first-order valence-electron chi connectivity index (χ1n) is 6.90. The van der Waals surface area contributed by atoms with Crippen LogP contribution in [0.25, 0.3) is 0 Å². The quantitative estimate of drug-likeness (QED) is 0.774. The highest BCUT2D eigenvalue weighted by atomic mass is 35.5. The summed E-state index contributed by atoms with van der Waals surface area (Å²) >= 11 is 12.2. The van der Waals surface area contributed by atoms with Crippen LogP contribution < -0.4 is 4.74 Å². The lowest BCUT2D eigenvalue weighted by atomic mass is 10.1. The Morgan fingerprint density at radius 1 is 1.17 bits per heavy atom. The molecule has 1 amide bonds. The van der Waals surface area contributed by atoms with Crippen molar-refractivity contribution in [3.05, 3.63) is 63.4 Å². The molecule has 0 N–H and O–H groups in total. The third-order valence-electron chi connectivity index (χ3n) is 3.70. The zero-order valence-corrected chi connectivity index (χ0v) is 14.5. The van der Waals surface area contributed by atoms with Crippen molar-refractivity contribution in [2.24, 2.45) is 0 Å². The number of hydrogen-bond acceptors (Lipinski definition) is 2. The van der Waals surface area contributed by atoms with E-state index in [-0.39, 0.29) is 27.8 Å². The van der Waals surface area contributed by atoms with Gasteiger partial charge in [0.25, 0.3) is 5.91 Å². The lowest BCUT2D eigenvalue weighted by molar-refractivity contribution is 0.0742. The second-order valence-electron chi connectivity index (χ2n) is 5.12. The molecule has 6 heteroatoms. The number of carbonyl (C=O) groups is 1. The van der Waals surface area contributed by atoms with Crippen LogP contribution in [0.4, 0.5) is 4.39 Å². The van der Waals surface area contributed by atoms with Gasteiger partial charge in [-0.25, -0.2) is 4.39 Å². The smallest absolute Gasteiger partial charge is 0.254 e. The Hall–Kier alpha value is -1.78. The molecule has 0 heterocycles. The van der Waals surface area contributed by atoms with Gasteiger partial charge in [-0.3, -0.25) is 4.79 Å². The molecule has 2 aromatic carbocycles. The van der Waals surface area contributed by atoms with E-state index in [2.05, 4.69) is 0 Å². The topological polar surface area (TPSA) is 29.5 Å². The van der Waals surface area contributed by atoms with Crippen molar-refractivity contribution in [2.45, 2.75) is 13.0 Å². The number of amides is 1. The number of carbonyl (C=O) groups excluding carboxylic acids is 1. The molecule has 0 spiro atoms. The summed E-state index contributed by atoms with van der Waals surface area (Å²) in [6.45, 7) is 1.86. The summed E-state index contributed by atoms with van der Waals surface area (Å²) in [4.78, 5) is 14.2. The number of nitrogens with zero attached hydrogens (tertiary/aromatic N) is 1. The number of hydrogen-bond donors (Lipinski definition) is 0. The molecule has 0 radical (unpaired) electrons. The van der Waals surface area contributed by atoms with Crippen molar-refractivity contribution >= 4 is 29.1 Å². The Morgan fingerprint density at radius 3 is 2.17 bits per heavy atom. The normalized spacial score (nSPS) is 11.9. The van der Waals surface area contributed by atoms with Gasteiger partial charge >= 0.3 is 0 Å². The van der Waals surface area contributed by atoms with E-state index in [1.165, 1.54) is 31.4 Å². The van der Waals surface area contributed by atoms with E-state index < -0.39 is 0 Å². The predicted molar refractivity (Wildman–Crippen MR) is 89.9 cm³/mol.